The minimum absolute atomic E-state index is 0.888. The first-order chi connectivity index (χ1) is 7.31. The van der Waals surface area contributed by atoms with Crippen molar-refractivity contribution in [2.45, 2.75) is 26.7 Å². The molecule has 0 radical (unpaired) electrons. The molecular formula is C11H13N3S. The molecule has 0 atom stereocenters. The second-order valence-corrected chi connectivity index (χ2v) is 4.32. The Hall–Kier alpha value is -1.29. The van der Waals surface area contributed by atoms with Gasteiger partial charge in [-0.1, -0.05) is 13.3 Å². The second kappa shape index (κ2) is 4.49. The zero-order chi connectivity index (χ0) is 10.7. The van der Waals surface area contributed by atoms with Crippen molar-refractivity contribution in [1.82, 2.24) is 15.2 Å². The first kappa shape index (κ1) is 10.2. The molecular weight excluding hydrogens is 206 g/mol. The van der Waals surface area contributed by atoms with Crippen molar-refractivity contribution in [2.24, 2.45) is 0 Å². The molecule has 2 aromatic heterocycles. The zero-order valence-electron chi connectivity index (χ0n) is 8.90. The van der Waals surface area contributed by atoms with E-state index in [9.17, 15) is 0 Å². The Morgan fingerprint density at radius 1 is 1.33 bits per heavy atom. The van der Waals surface area contributed by atoms with E-state index >= 15 is 0 Å². The number of thiazole rings is 1. The second-order valence-electron chi connectivity index (χ2n) is 3.43. The molecule has 0 bridgehead atoms. The monoisotopic (exact) mass is 219 g/mol. The SMILES string of the molecule is CCCc1cc(-c2nccs2)nnc1C. The van der Waals surface area contributed by atoms with Crippen LogP contribution >= 0.6 is 11.3 Å². The summed E-state index contributed by atoms with van der Waals surface area (Å²) < 4.78 is 0. The summed E-state index contributed by atoms with van der Waals surface area (Å²) in [5.74, 6) is 0. The van der Waals surface area contributed by atoms with E-state index < -0.39 is 0 Å². The highest BCUT2D eigenvalue weighted by Gasteiger charge is 2.06. The predicted octanol–water partition coefficient (Wildman–Crippen LogP) is 2.86. The maximum absolute atomic E-state index is 4.23. The van der Waals surface area contributed by atoms with Crippen LogP contribution in [0.25, 0.3) is 10.7 Å². The van der Waals surface area contributed by atoms with E-state index in [1.165, 1.54) is 5.56 Å². The van der Waals surface area contributed by atoms with Gasteiger partial charge in [0.25, 0.3) is 0 Å². The highest BCUT2D eigenvalue weighted by atomic mass is 32.1. The van der Waals surface area contributed by atoms with Gasteiger partial charge in [-0.05, 0) is 25.0 Å². The lowest BCUT2D eigenvalue weighted by Crippen LogP contribution is -1.97. The lowest BCUT2D eigenvalue weighted by atomic mass is 10.1. The largest absolute Gasteiger partial charge is 0.243 e. The summed E-state index contributed by atoms with van der Waals surface area (Å²) in [4.78, 5) is 4.23. The first-order valence-electron chi connectivity index (χ1n) is 5.04. The fourth-order valence-electron chi connectivity index (χ4n) is 1.47. The van der Waals surface area contributed by atoms with Gasteiger partial charge < -0.3 is 0 Å². The van der Waals surface area contributed by atoms with Gasteiger partial charge in [-0.25, -0.2) is 4.98 Å². The third-order valence-electron chi connectivity index (χ3n) is 2.25. The molecule has 2 aromatic rings. The van der Waals surface area contributed by atoms with E-state index in [0.717, 1.165) is 29.2 Å². The number of hydrogen-bond donors (Lipinski definition) is 0. The fourth-order valence-corrected chi connectivity index (χ4v) is 2.06. The van der Waals surface area contributed by atoms with Gasteiger partial charge in [0.15, 0.2) is 0 Å². The Labute approximate surface area is 93.2 Å². The van der Waals surface area contributed by atoms with Crippen molar-refractivity contribution in [3.05, 3.63) is 28.9 Å². The lowest BCUT2D eigenvalue weighted by molar-refractivity contribution is 0.869. The summed E-state index contributed by atoms with van der Waals surface area (Å²) in [5, 5.41) is 11.2. The number of hydrogen-bond acceptors (Lipinski definition) is 4. The van der Waals surface area contributed by atoms with Crippen molar-refractivity contribution in [2.75, 3.05) is 0 Å². The molecule has 0 aromatic carbocycles. The van der Waals surface area contributed by atoms with E-state index in [1.54, 1.807) is 17.5 Å². The van der Waals surface area contributed by atoms with Crippen molar-refractivity contribution in [1.29, 1.82) is 0 Å². The molecule has 0 unspecified atom stereocenters. The molecule has 0 fully saturated rings. The molecule has 0 saturated heterocycles. The molecule has 2 rings (SSSR count). The molecule has 4 heteroatoms. The van der Waals surface area contributed by atoms with Gasteiger partial charge in [-0.15, -0.1) is 16.4 Å². The normalized spacial score (nSPS) is 10.5. The van der Waals surface area contributed by atoms with Gasteiger partial charge in [-0.3, -0.25) is 0 Å². The average molecular weight is 219 g/mol. The van der Waals surface area contributed by atoms with Crippen LogP contribution in [0.2, 0.25) is 0 Å². The number of aryl methyl sites for hydroxylation is 2. The van der Waals surface area contributed by atoms with Gasteiger partial charge >= 0.3 is 0 Å². The number of aromatic nitrogens is 3. The Morgan fingerprint density at radius 2 is 2.20 bits per heavy atom. The summed E-state index contributed by atoms with van der Waals surface area (Å²) in [5.41, 5.74) is 3.19. The van der Waals surface area contributed by atoms with Crippen molar-refractivity contribution in [3.8, 4) is 10.7 Å². The van der Waals surface area contributed by atoms with Crippen LogP contribution in [0.5, 0.6) is 0 Å². The summed E-state index contributed by atoms with van der Waals surface area (Å²) in [6, 6.07) is 2.10. The van der Waals surface area contributed by atoms with E-state index in [2.05, 4.69) is 28.2 Å². The third-order valence-corrected chi connectivity index (χ3v) is 3.05. The molecule has 15 heavy (non-hydrogen) atoms. The lowest BCUT2D eigenvalue weighted by Gasteiger charge is -2.03. The number of rotatable bonds is 3. The van der Waals surface area contributed by atoms with Crippen LogP contribution < -0.4 is 0 Å². The highest BCUT2D eigenvalue weighted by Crippen LogP contribution is 2.21. The molecule has 2 heterocycles. The molecule has 0 N–H and O–H groups in total. The summed E-state index contributed by atoms with van der Waals surface area (Å²) >= 11 is 1.60. The molecule has 0 amide bonds. The van der Waals surface area contributed by atoms with Crippen molar-refractivity contribution >= 4 is 11.3 Å². The minimum atomic E-state index is 0.888. The summed E-state index contributed by atoms with van der Waals surface area (Å²) in [6.07, 6.45) is 3.98. The standard InChI is InChI=1S/C11H13N3S/c1-3-4-9-7-10(14-13-8(9)2)11-12-5-6-15-11/h5-7H,3-4H2,1-2H3. The third kappa shape index (κ3) is 2.21. The molecule has 78 valence electrons. The molecule has 0 aliphatic rings. The number of nitrogens with zero attached hydrogens (tertiary/aromatic N) is 3. The van der Waals surface area contributed by atoms with Gasteiger partial charge in [0.2, 0.25) is 0 Å². The van der Waals surface area contributed by atoms with Crippen LogP contribution in [0.4, 0.5) is 0 Å². The van der Waals surface area contributed by atoms with Gasteiger partial charge in [-0.2, -0.15) is 5.10 Å². The topological polar surface area (TPSA) is 38.7 Å². The Balaban J connectivity index is 2.38. The molecule has 0 spiro atoms. The van der Waals surface area contributed by atoms with E-state index in [4.69, 9.17) is 0 Å². The molecule has 0 aliphatic carbocycles. The van der Waals surface area contributed by atoms with Crippen molar-refractivity contribution in [3.63, 3.8) is 0 Å². The summed E-state index contributed by atoms with van der Waals surface area (Å²) in [7, 11) is 0. The van der Waals surface area contributed by atoms with Crippen LogP contribution in [0.15, 0.2) is 17.6 Å². The smallest absolute Gasteiger partial charge is 0.143 e. The van der Waals surface area contributed by atoms with Gasteiger partial charge in [0.1, 0.15) is 10.7 Å². The average Bonchev–Trinajstić information content (AvgIpc) is 2.75. The van der Waals surface area contributed by atoms with Gasteiger partial charge in [0.05, 0.1) is 5.69 Å². The highest BCUT2D eigenvalue weighted by molar-refractivity contribution is 7.13. The quantitative estimate of drug-likeness (QED) is 0.796. The van der Waals surface area contributed by atoms with Gasteiger partial charge in [0, 0.05) is 11.6 Å². The maximum atomic E-state index is 4.23. The van der Waals surface area contributed by atoms with E-state index in [-0.39, 0.29) is 0 Å². The van der Waals surface area contributed by atoms with Crippen LogP contribution in [0, 0.1) is 6.92 Å². The Morgan fingerprint density at radius 3 is 2.87 bits per heavy atom. The molecule has 0 saturated carbocycles. The Bertz CT molecular complexity index is 437. The minimum Gasteiger partial charge on any atom is -0.243 e. The van der Waals surface area contributed by atoms with Crippen molar-refractivity contribution < 1.29 is 0 Å². The Kier molecular flexibility index (Phi) is 3.06. The van der Waals surface area contributed by atoms with E-state index in [0.29, 0.717) is 0 Å². The van der Waals surface area contributed by atoms with Crippen LogP contribution in [-0.4, -0.2) is 15.2 Å². The van der Waals surface area contributed by atoms with Crippen LogP contribution in [0.3, 0.4) is 0 Å². The fraction of sp³-hybridized carbons (Fsp3) is 0.364. The van der Waals surface area contributed by atoms with Crippen LogP contribution in [-0.2, 0) is 6.42 Å². The van der Waals surface area contributed by atoms with E-state index in [1.807, 2.05) is 12.3 Å². The maximum Gasteiger partial charge on any atom is 0.143 e. The first-order valence-corrected chi connectivity index (χ1v) is 5.92. The summed E-state index contributed by atoms with van der Waals surface area (Å²) in [6.45, 7) is 4.17. The molecule has 3 nitrogen and oxygen atoms in total. The molecule has 0 aliphatic heterocycles. The predicted molar refractivity (Wildman–Crippen MR) is 61.9 cm³/mol. The van der Waals surface area contributed by atoms with Crippen LogP contribution in [0.1, 0.15) is 24.6 Å². The zero-order valence-corrected chi connectivity index (χ0v) is 9.71.